The van der Waals surface area contributed by atoms with Gasteiger partial charge in [-0.2, -0.15) is 5.10 Å². The first-order chi connectivity index (χ1) is 13.7. The van der Waals surface area contributed by atoms with Crippen LogP contribution in [0.5, 0.6) is 0 Å². The minimum Gasteiger partial charge on any atom is -0.308 e. The maximum absolute atomic E-state index is 13.0. The second kappa shape index (κ2) is 8.14. The molecule has 0 saturated carbocycles. The van der Waals surface area contributed by atoms with Gasteiger partial charge in [0.2, 0.25) is 5.43 Å². The van der Waals surface area contributed by atoms with E-state index < -0.39 is 16.3 Å². The van der Waals surface area contributed by atoms with Gasteiger partial charge in [0.15, 0.2) is 5.69 Å². The lowest BCUT2D eigenvalue weighted by molar-refractivity contribution is -0.384. The molecule has 0 N–H and O–H groups in total. The van der Waals surface area contributed by atoms with Crippen LogP contribution in [0.25, 0.3) is 5.69 Å². The van der Waals surface area contributed by atoms with Gasteiger partial charge in [-0.05, 0) is 31.2 Å². The number of hydrogen-bond donors (Lipinski definition) is 0. The molecule has 2 aromatic carbocycles. The van der Waals surface area contributed by atoms with Gasteiger partial charge in [0.25, 0.3) is 11.6 Å². The monoisotopic (exact) mass is 476 g/mol. The Kier molecular flexibility index (Phi) is 5.81. The number of para-hydroxylation sites is 2. The van der Waals surface area contributed by atoms with Crippen LogP contribution in [0.2, 0.25) is 5.02 Å². The van der Waals surface area contributed by atoms with E-state index in [-0.39, 0.29) is 17.1 Å². The molecule has 0 aliphatic heterocycles. The summed E-state index contributed by atoms with van der Waals surface area (Å²) in [7, 11) is 1.47. The standard InChI is InChI=1S/C19H14BrClN4O4/c1-11-9-17(26)18(19(27)23(2)14-8-7-12(20)10-13(14)21)22-24(11)15-5-3-4-6-16(15)25(28)29/h3-10H,1-2H3. The number of benzene rings is 2. The first kappa shape index (κ1) is 20.7. The molecular weight excluding hydrogens is 464 g/mol. The molecule has 0 unspecified atom stereocenters. The van der Waals surface area contributed by atoms with Crippen molar-refractivity contribution in [1.29, 1.82) is 0 Å². The molecular formula is C19H14BrClN4O4. The summed E-state index contributed by atoms with van der Waals surface area (Å²) in [6.07, 6.45) is 0. The third-order valence-corrected chi connectivity index (χ3v) is 4.99. The lowest BCUT2D eigenvalue weighted by Gasteiger charge is -2.19. The van der Waals surface area contributed by atoms with Crippen LogP contribution in [-0.2, 0) is 0 Å². The number of carbonyl (C=O) groups is 1. The zero-order valence-corrected chi connectivity index (χ0v) is 17.6. The van der Waals surface area contributed by atoms with Crippen molar-refractivity contribution in [1.82, 2.24) is 9.78 Å². The highest BCUT2D eigenvalue weighted by Crippen LogP contribution is 2.29. The minimum absolute atomic E-state index is 0.147. The molecule has 29 heavy (non-hydrogen) atoms. The van der Waals surface area contributed by atoms with Gasteiger partial charge < -0.3 is 4.90 Å². The molecule has 0 spiro atoms. The number of carbonyl (C=O) groups excluding carboxylic acids is 1. The van der Waals surface area contributed by atoms with E-state index in [9.17, 15) is 19.7 Å². The van der Waals surface area contributed by atoms with E-state index in [0.717, 1.165) is 4.47 Å². The van der Waals surface area contributed by atoms with Gasteiger partial charge >= 0.3 is 0 Å². The van der Waals surface area contributed by atoms with Crippen LogP contribution in [0.15, 0.2) is 57.8 Å². The minimum atomic E-state index is -0.688. The maximum Gasteiger partial charge on any atom is 0.294 e. The van der Waals surface area contributed by atoms with Crippen molar-refractivity contribution in [2.75, 3.05) is 11.9 Å². The number of halogens is 2. The van der Waals surface area contributed by atoms with E-state index >= 15 is 0 Å². The maximum atomic E-state index is 13.0. The molecule has 1 amide bonds. The molecule has 0 atom stereocenters. The zero-order valence-electron chi connectivity index (χ0n) is 15.3. The summed E-state index contributed by atoms with van der Waals surface area (Å²) >= 11 is 9.49. The van der Waals surface area contributed by atoms with Crippen LogP contribution in [-0.4, -0.2) is 27.7 Å². The smallest absolute Gasteiger partial charge is 0.294 e. The summed E-state index contributed by atoms with van der Waals surface area (Å²) in [5.74, 6) is -0.688. The lowest BCUT2D eigenvalue weighted by Crippen LogP contribution is -2.33. The second-order valence-electron chi connectivity index (χ2n) is 6.12. The summed E-state index contributed by atoms with van der Waals surface area (Å²) in [6.45, 7) is 1.58. The highest BCUT2D eigenvalue weighted by atomic mass is 79.9. The highest BCUT2D eigenvalue weighted by molar-refractivity contribution is 9.10. The van der Waals surface area contributed by atoms with Crippen molar-refractivity contribution in [3.8, 4) is 5.69 Å². The molecule has 0 radical (unpaired) electrons. The van der Waals surface area contributed by atoms with Gasteiger partial charge in [-0.1, -0.05) is 39.7 Å². The number of amides is 1. The number of nitro groups is 1. The van der Waals surface area contributed by atoms with Gasteiger partial charge in [0.05, 0.1) is 15.6 Å². The van der Waals surface area contributed by atoms with Crippen LogP contribution in [0.3, 0.4) is 0 Å². The lowest BCUT2D eigenvalue weighted by atomic mass is 10.2. The molecule has 8 nitrogen and oxygen atoms in total. The van der Waals surface area contributed by atoms with E-state index in [4.69, 9.17) is 11.6 Å². The molecule has 0 bridgehead atoms. The van der Waals surface area contributed by atoms with Crippen molar-refractivity contribution in [2.24, 2.45) is 0 Å². The summed E-state index contributed by atoms with van der Waals surface area (Å²) < 4.78 is 1.95. The average molecular weight is 478 g/mol. The van der Waals surface area contributed by atoms with Crippen molar-refractivity contribution in [3.63, 3.8) is 0 Å². The molecule has 3 aromatic rings. The van der Waals surface area contributed by atoms with Crippen molar-refractivity contribution >= 4 is 44.8 Å². The summed E-state index contributed by atoms with van der Waals surface area (Å²) in [4.78, 5) is 37.4. The third-order valence-electron chi connectivity index (χ3n) is 4.19. The van der Waals surface area contributed by atoms with E-state index in [1.54, 1.807) is 31.2 Å². The number of rotatable bonds is 4. The fraction of sp³-hybridized carbons (Fsp3) is 0.105. The van der Waals surface area contributed by atoms with E-state index in [2.05, 4.69) is 21.0 Å². The average Bonchev–Trinajstić information content (AvgIpc) is 2.67. The number of nitrogens with zero attached hydrogens (tertiary/aromatic N) is 4. The van der Waals surface area contributed by atoms with Gasteiger partial charge in [-0.15, -0.1) is 0 Å². The zero-order chi connectivity index (χ0) is 21.3. The molecule has 0 fully saturated rings. The largest absolute Gasteiger partial charge is 0.308 e. The van der Waals surface area contributed by atoms with Crippen LogP contribution >= 0.6 is 27.5 Å². The molecule has 0 aliphatic carbocycles. The Morgan fingerprint density at radius 1 is 1.24 bits per heavy atom. The first-order valence-corrected chi connectivity index (χ1v) is 9.45. The van der Waals surface area contributed by atoms with Crippen LogP contribution < -0.4 is 10.3 Å². The number of anilines is 1. The Morgan fingerprint density at radius 2 is 1.93 bits per heavy atom. The van der Waals surface area contributed by atoms with Gasteiger partial charge in [-0.3, -0.25) is 19.7 Å². The Hall–Kier alpha value is -3.04. The molecule has 3 rings (SSSR count). The number of aryl methyl sites for hydroxylation is 1. The molecule has 0 saturated heterocycles. The number of hydrogen-bond acceptors (Lipinski definition) is 5. The molecule has 148 valence electrons. The summed E-state index contributed by atoms with van der Waals surface area (Å²) in [5.41, 5.74) is -0.287. The Labute approximate surface area is 178 Å². The molecule has 10 heteroatoms. The van der Waals surface area contributed by atoms with Crippen molar-refractivity contribution in [2.45, 2.75) is 6.92 Å². The highest BCUT2D eigenvalue weighted by Gasteiger charge is 2.23. The van der Waals surface area contributed by atoms with Gasteiger partial charge in [0.1, 0.15) is 5.69 Å². The summed E-state index contributed by atoms with van der Waals surface area (Å²) in [5, 5.41) is 15.8. The first-order valence-electron chi connectivity index (χ1n) is 8.28. The Bertz CT molecular complexity index is 1200. The van der Waals surface area contributed by atoms with E-state index in [1.165, 1.54) is 40.9 Å². The van der Waals surface area contributed by atoms with E-state index in [0.29, 0.717) is 16.4 Å². The quantitative estimate of drug-likeness (QED) is 0.415. The predicted molar refractivity (Wildman–Crippen MR) is 113 cm³/mol. The topological polar surface area (TPSA) is 98.3 Å². The fourth-order valence-corrected chi connectivity index (χ4v) is 3.56. The third kappa shape index (κ3) is 4.06. The van der Waals surface area contributed by atoms with Crippen molar-refractivity contribution < 1.29 is 9.72 Å². The van der Waals surface area contributed by atoms with Gasteiger partial charge in [0, 0.05) is 29.3 Å². The van der Waals surface area contributed by atoms with Gasteiger partial charge in [-0.25, -0.2) is 4.68 Å². The van der Waals surface area contributed by atoms with E-state index in [1.807, 2.05) is 0 Å². The Morgan fingerprint density at radius 3 is 2.59 bits per heavy atom. The normalized spacial score (nSPS) is 10.6. The second-order valence-corrected chi connectivity index (χ2v) is 7.44. The molecule has 1 heterocycles. The summed E-state index contributed by atoms with van der Waals surface area (Å²) in [6, 6.07) is 12.1. The van der Waals surface area contributed by atoms with Crippen molar-refractivity contribution in [3.05, 3.63) is 89.8 Å². The number of nitro benzene ring substituents is 1. The number of aromatic nitrogens is 2. The SMILES string of the molecule is Cc1cc(=O)c(C(=O)N(C)c2ccc(Br)cc2Cl)nn1-c1ccccc1[N+](=O)[O-]. The molecule has 0 aliphatic rings. The van der Waals surface area contributed by atoms with Crippen LogP contribution in [0.1, 0.15) is 16.2 Å². The molecule has 1 aromatic heterocycles. The van der Waals surface area contributed by atoms with Crippen LogP contribution in [0, 0.1) is 17.0 Å². The Balaban J connectivity index is 2.12. The fourth-order valence-electron chi connectivity index (χ4n) is 2.76. The van der Waals surface area contributed by atoms with Crippen LogP contribution in [0.4, 0.5) is 11.4 Å². The predicted octanol–water partition coefficient (Wildman–Crippen LogP) is 4.14.